The minimum absolute atomic E-state index is 0.0229. The molecular weight excluding hydrogens is 298 g/mol. The number of nitro benzene ring substituents is 1. The fourth-order valence-corrected chi connectivity index (χ4v) is 3.37. The highest BCUT2D eigenvalue weighted by molar-refractivity contribution is 7.89. The lowest BCUT2D eigenvalue weighted by Gasteiger charge is -2.11. The van der Waals surface area contributed by atoms with Gasteiger partial charge in [-0.3, -0.25) is 10.1 Å². The largest absolute Gasteiger partial charge is 0.398 e. The van der Waals surface area contributed by atoms with Crippen LogP contribution >= 0.6 is 0 Å². The van der Waals surface area contributed by atoms with Crippen LogP contribution in [0.1, 0.15) is 19.3 Å². The average molecular weight is 315 g/mol. The monoisotopic (exact) mass is 315 g/mol. The second-order valence-electron chi connectivity index (χ2n) is 4.80. The Hall–Kier alpha value is -1.71. The summed E-state index contributed by atoms with van der Waals surface area (Å²) in [6.45, 7) is 0.907. The van der Waals surface area contributed by atoms with Gasteiger partial charge in [0.15, 0.2) is 0 Å². The van der Waals surface area contributed by atoms with Crippen LogP contribution in [-0.2, 0) is 14.8 Å². The van der Waals surface area contributed by atoms with E-state index in [2.05, 4.69) is 4.72 Å². The van der Waals surface area contributed by atoms with Crippen molar-refractivity contribution in [1.82, 2.24) is 4.72 Å². The van der Waals surface area contributed by atoms with Crippen LogP contribution in [0.2, 0.25) is 0 Å². The molecule has 1 heterocycles. The van der Waals surface area contributed by atoms with Gasteiger partial charge in [-0.1, -0.05) is 0 Å². The van der Waals surface area contributed by atoms with Gasteiger partial charge < -0.3 is 10.5 Å². The molecule has 0 aliphatic carbocycles. The molecule has 1 saturated heterocycles. The van der Waals surface area contributed by atoms with Crippen molar-refractivity contribution in [2.24, 2.45) is 0 Å². The topological polar surface area (TPSA) is 125 Å². The first kappa shape index (κ1) is 15.7. The molecule has 1 fully saturated rings. The highest BCUT2D eigenvalue weighted by Gasteiger charge is 2.22. The van der Waals surface area contributed by atoms with E-state index in [0.29, 0.717) is 13.0 Å². The zero-order valence-corrected chi connectivity index (χ0v) is 12.1. The Kier molecular flexibility index (Phi) is 4.76. The Labute approximate surface area is 122 Å². The van der Waals surface area contributed by atoms with E-state index in [1.165, 1.54) is 12.1 Å². The Morgan fingerprint density at radius 3 is 2.86 bits per heavy atom. The minimum Gasteiger partial charge on any atom is -0.398 e. The van der Waals surface area contributed by atoms with Crippen molar-refractivity contribution < 1.29 is 18.1 Å². The Balaban J connectivity index is 2.07. The maximum atomic E-state index is 12.1. The lowest BCUT2D eigenvalue weighted by atomic mass is 10.2. The highest BCUT2D eigenvalue weighted by Crippen LogP contribution is 2.24. The van der Waals surface area contributed by atoms with Crippen molar-refractivity contribution in [1.29, 1.82) is 0 Å². The number of nitro groups is 1. The number of hydrogen-bond acceptors (Lipinski definition) is 6. The summed E-state index contributed by atoms with van der Waals surface area (Å²) in [5.41, 5.74) is 5.26. The highest BCUT2D eigenvalue weighted by atomic mass is 32.2. The van der Waals surface area contributed by atoms with E-state index < -0.39 is 14.9 Å². The number of non-ortho nitro benzene ring substituents is 1. The second kappa shape index (κ2) is 6.37. The van der Waals surface area contributed by atoms with Gasteiger partial charge >= 0.3 is 0 Å². The third kappa shape index (κ3) is 3.90. The molecule has 116 valence electrons. The number of rotatable bonds is 6. The van der Waals surface area contributed by atoms with Crippen LogP contribution in [0.3, 0.4) is 0 Å². The number of sulfonamides is 1. The summed E-state index contributed by atoms with van der Waals surface area (Å²) in [6, 6.07) is 3.34. The van der Waals surface area contributed by atoms with Crippen molar-refractivity contribution in [2.75, 3.05) is 18.9 Å². The molecule has 21 heavy (non-hydrogen) atoms. The van der Waals surface area contributed by atoms with E-state index in [-0.39, 0.29) is 28.9 Å². The van der Waals surface area contributed by atoms with Gasteiger partial charge in [0.05, 0.1) is 16.7 Å². The number of nitrogens with zero attached hydrogens (tertiary/aromatic N) is 1. The fourth-order valence-electron chi connectivity index (χ4n) is 2.17. The van der Waals surface area contributed by atoms with E-state index in [0.717, 1.165) is 18.9 Å². The molecule has 9 heteroatoms. The van der Waals surface area contributed by atoms with Crippen LogP contribution in [0.5, 0.6) is 0 Å². The molecule has 1 aliphatic heterocycles. The van der Waals surface area contributed by atoms with Crippen molar-refractivity contribution >= 4 is 21.4 Å². The molecule has 1 aromatic carbocycles. The van der Waals surface area contributed by atoms with Crippen molar-refractivity contribution in [2.45, 2.75) is 30.3 Å². The quantitative estimate of drug-likeness (QED) is 0.459. The summed E-state index contributed by atoms with van der Waals surface area (Å²) in [7, 11) is -3.87. The minimum atomic E-state index is -3.87. The van der Waals surface area contributed by atoms with Crippen LogP contribution in [0.25, 0.3) is 0 Å². The molecule has 0 bridgehead atoms. The molecule has 0 spiro atoms. The summed E-state index contributed by atoms with van der Waals surface area (Å²) in [5.74, 6) is 0. The third-order valence-corrected chi connectivity index (χ3v) is 4.80. The number of ether oxygens (including phenoxy) is 1. The average Bonchev–Trinajstić information content (AvgIpc) is 2.91. The molecule has 1 aliphatic rings. The normalized spacial score (nSPS) is 18.8. The Morgan fingerprint density at radius 2 is 2.24 bits per heavy atom. The molecule has 0 saturated carbocycles. The van der Waals surface area contributed by atoms with Gasteiger partial charge in [0.1, 0.15) is 4.90 Å². The molecule has 3 N–H and O–H groups in total. The van der Waals surface area contributed by atoms with Crippen LogP contribution in [0.4, 0.5) is 11.4 Å². The molecule has 1 unspecified atom stereocenters. The Morgan fingerprint density at radius 1 is 1.48 bits per heavy atom. The first-order valence-electron chi connectivity index (χ1n) is 6.55. The Bertz CT molecular complexity index is 626. The van der Waals surface area contributed by atoms with Crippen molar-refractivity contribution in [3.8, 4) is 0 Å². The van der Waals surface area contributed by atoms with E-state index in [9.17, 15) is 18.5 Å². The lowest BCUT2D eigenvalue weighted by molar-refractivity contribution is -0.385. The summed E-state index contributed by atoms with van der Waals surface area (Å²) in [5, 5.41) is 10.7. The number of nitrogens with two attached hydrogens (primary N) is 1. The maximum absolute atomic E-state index is 12.1. The fraction of sp³-hybridized carbons (Fsp3) is 0.500. The van der Waals surface area contributed by atoms with Crippen LogP contribution in [0.15, 0.2) is 23.1 Å². The summed E-state index contributed by atoms with van der Waals surface area (Å²) < 4.78 is 32.1. The molecule has 1 aromatic rings. The summed E-state index contributed by atoms with van der Waals surface area (Å²) in [4.78, 5) is 9.78. The smallest absolute Gasteiger partial charge is 0.270 e. The molecule has 0 radical (unpaired) electrons. The SMILES string of the molecule is Nc1ccc([N+](=O)[O-])cc1S(=O)(=O)NCCC1CCCO1. The standard InChI is InChI=1S/C12H17N3O5S/c13-11-4-3-9(15(16)17)8-12(11)21(18,19)14-6-5-10-2-1-7-20-10/h3-4,8,10,14H,1-2,5-7,13H2. The number of anilines is 1. The van der Waals surface area contributed by atoms with Gasteiger partial charge in [-0.2, -0.15) is 0 Å². The summed E-state index contributed by atoms with van der Waals surface area (Å²) >= 11 is 0. The van der Waals surface area contributed by atoms with Crippen LogP contribution < -0.4 is 10.5 Å². The predicted molar refractivity (Wildman–Crippen MR) is 76.3 cm³/mol. The molecule has 0 aromatic heterocycles. The van der Waals surface area contributed by atoms with Crippen LogP contribution in [0, 0.1) is 10.1 Å². The first-order valence-corrected chi connectivity index (χ1v) is 8.03. The molecule has 2 rings (SSSR count). The van der Waals surface area contributed by atoms with Gasteiger partial charge in [-0.05, 0) is 25.3 Å². The second-order valence-corrected chi connectivity index (χ2v) is 6.54. The predicted octanol–water partition coefficient (Wildman–Crippen LogP) is 1.02. The molecule has 1 atom stereocenters. The van der Waals surface area contributed by atoms with Gasteiger partial charge in [0.25, 0.3) is 5.69 Å². The number of nitrogens with one attached hydrogen (secondary N) is 1. The zero-order valence-electron chi connectivity index (χ0n) is 11.3. The number of nitrogen functional groups attached to an aromatic ring is 1. The van der Waals surface area contributed by atoms with E-state index in [1.807, 2.05) is 0 Å². The summed E-state index contributed by atoms with van der Waals surface area (Å²) in [6.07, 6.45) is 2.53. The van der Waals surface area contributed by atoms with Crippen molar-refractivity contribution in [3.05, 3.63) is 28.3 Å². The molecular formula is C12H17N3O5S. The zero-order chi connectivity index (χ0) is 15.5. The third-order valence-electron chi connectivity index (χ3n) is 3.28. The van der Waals surface area contributed by atoms with Gasteiger partial charge in [-0.15, -0.1) is 0 Å². The number of benzene rings is 1. The van der Waals surface area contributed by atoms with E-state index in [1.54, 1.807) is 0 Å². The molecule has 0 amide bonds. The lowest BCUT2D eigenvalue weighted by Crippen LogP contribution is -2.28. The van der Waals surface area contributed by atoms with E-state index >= 15 is 0 Å². The van der Waals surface area contributed by atoms with Gasteiger partial charge in [0, 0.05) is 25.3 Å². The van der Waals surface area contributed by atoms with Crippen LogP contribution in [-0.4, -0.2) is 32.6 Å². The number of hydrogen-bond donors (Lipinski definition) is 2. The first-order chi connectivity index (χ1) is 9.90. The molecule has 8 nitrogen and oxygen atoms in total. The van der Waals surface area contributed by atoms with E-state index in [4.69, 9.17) is 10.5 Å². The maximum Gasteiger partial charge on any atom is 0.270 e. The van der Waals surface area contributed by atoms with Gasteiger partial charge in [-0.25, -0.2) is 13.1 Å². The van der Waals surface area contributed by atoms with Gasteiger partial charge in [0.2, 0.25) is 10.0 Å². The van der Waals surface area contributed by atoms with Crippen molar-refractivity contribution in [3.63, 3.8) is 0 Å².